The number of esters is 1. The van der Waals surface area contributed by atoms with Crippen LogP contribution in [0.1, 0.15) is 87.1 Å². The molecule has 0 bridgehead atoms. The number of carbonyl (C=O) groups is 1. The molecule has 0 spiro atoms. The average Bonchev–Trinajstić information content (AvgIpc) is 3.00. The number of rotatable bonds is 11. The van der Waals surface area contributed by atoms with E-state index in [1.165, 1.54) is 66.0 Å². The van der Waals surface area contributed by atoms with Gasteiger partial charge in [-0.15, -0.1) is 0 Å². The van der Waals surface area contributed by atoms with Crippen LogP contribution in [0.15, 0.2) is 36.4 Å². The van der Waals surface area contributed by atoms with Crippen molar-refractivity contribution in [2.24, 2.45) is 0 Å². The minimum atomic E-state index is -0.241. The van der Waals surface area contributed by atoms with Crippen molar-refractivity contribution in [3.8, 4) is 5.75 Å². The van der Waals surface area contributed by atoms with Gasteiger partial charge in [0.2, 0.25) is 0 Å². The van der Waals surface area contributed by atoms with E-state index in [1.54, 1.807) is 0 Å². The van der Waals surface area contributed by atoms with Crippen molar-refractivity contribution in [1.82, 2.24) is 0 Å². The van der Waals surface area contributed by atoms with Crippen LogP contribution in [0.4, 0.5) is 0 Å². The Balaban J connectivity index is 1.71. The van der Waals surface area contributed by atoms with Crippen molar-refractivity contribution >= 4 is 17.6 Å². The summed E-state index contributed by atoms with van der Waals surface area (Å²) < 4.78 is 10.8. The number of carbonyl (C=O) groups excluding carboxylic acids is 1. The van der Waals surface area contributed by atoms with E-state index in [9.17, 15) is 4.79 Å². The van der Waals surface area contributed by atoms with Crippen LogP contribution in [0, 0.1) is 0 Å². The lowest BCUT2D eigenvalue weighted by atomic mass is 9.92. The normalized spacial score (nSPS) is 13.2. The Hall–Kier alpha value is -2.55. The molecule has 0 amide bonds. The molecule has 0 unspecified atom stereocenters. The number of fused-ring (bicyclic) bond motifs is 1. The zero-order valence-corrected chi connectivity index (χ0v) is 20.0. The molecule has 2 aromatic rings. The largest absolute Gasteiger partial charge is 0.493 e. The zero-order valence-electron chi connectivity index (χ0n) is 20.0. The smallest absolute Gasteiger partial charge is 0.302 e. The third kappa shape index (κ3) is 6.98. The van der Waals surface area contributed by atoms with Crippen LogP contribution >= 0.6 is 0 Å². The van der Waals surface area contributed by atoms with Gasteiger partial charge < -0.3 is 9.47 Å². The summed E-state index contributed by atoms with van der Waals surface area (Å²) in [6, 6.07) is 13.6. The predicted molar refractivity (Wildman–Crippen MR) is 133 cm³/mol. The summed E-state index contributed by atoms with van der Waals surface area (Å²) in [6.45, 7) is 6.92. The van der Waals surface area contributed by atoms with Gasteiger partial charge in [0.15, 0.2) is 0 Å². The molecule has 0 heterocycles. The van der Waals surface area contributed by atoms with E-state index in [0.29, 0.717) is 19.6 Å². The molecular formula is C29H38O3. The lowest BCUT2D eigenvalue weighted by Crippen LogP contribution is -2.06. The Kier molecular flexibility index (Phi) is 9.40. The molecule has 0 saturated heterocycles. The molecule has 0 atom stereocenters. The third-order valence-electron chi connectivity index (χ3n) is 6.16. The van der Waals surface area contributed by atoms with Gasteiger partial charge in [-0.2, -0.15) is 0 Å². The molecule has 3 nitrogen and oxygen atoms in total. The maximum atomic E-state index is 10.8. The summed E-state index contributed by atoms with van der Waals surface area (Å²) in [4.78, 5) is 10.8. The SMILES string of the molecule is CCCCCc1ccc(C2=Cc3ccc(OCCCOC(C)=O)cc3CCC2)c(CC)c1. The Morgan fingerprint density at radius 3 is 2.62 bits per heavy atom. The maximum Gasteiger partial charge on any atom is 0.302 e. The van der Waals surface area contributed by atoms with Crippen LogP contribution in [0.25, 0.3) is 11.6 Å². The van der Waals surface area contributed by atoms with Crippen LogP contribution < -0.4 is 4.74 Å². The molecule has 1 aliphatic carbocycles. The highest BCUT2D eigenvalue weighted by Crippen LogP contribution is 2.33. The number of aryl methyl sites for hydroxylation is 3. The second-order valence-electron chi connectivity index (χ2n) is 8.73. The lowest BCUT2D eigenvalue weighted by Gasteiger charge is -2.14. The molecule has 3 rings (SSSR count). The van der Waals surface area contributed by atoms with Crippen molar-refractivity contribution in [3.63, 3.8) is 0 Å². The van der Waals surface area contributed by atoms with Gasteiger partial charge in [-0.25, -0.2) is 0 Å². The monoisotopic (exact) mass is 434 g/mol. The predicted octanol–water partition coefficient (Wildman–Crippen LogP) is 7.19. The molecular weight excluding hydrogens is 396 g/mol. The summed E-state index contributed by atoms with van der Waals surface area (Å²) in [7, 11) is 0. The van der Waals surface area contributed by atoms with E-state index in [1.807, 2.05) is 0 Å². The number of unbranched alkanes of at least 4 members (excludes halogenated alkanes) is 2. The van der Waals surface area contributed by atoms with Crippen LogP contribution in [0.5, 0.6) is 5.75 Å². The summed E-state index contributed by atoms with van der Waals surface area (Å²) in [5.74, 6) is 0.657. The van der Waals surface area contributed by atoms with Crippen molar-refractivity contribution in [3.05, 3.63) is 64.2 Å². The molecule has 0 aromatic heterocycles. The minimum absolute atomic E-state index is 0.241. The molecule has 0 aliphatic heterocycles. The maximum absolute atomic E-state index is 10.8. The number of benzene rings is 2. The summed E-state index contributed by atoms with van der Waals surface area (Å²) in [5, 5.41) is 0. The Labute approximate surface area is 193 Å². The summed E-state index contributed by atoms with van der Waals surface area (Å²) >= 11 is 0. The van der Waals surface area contributed by atoms with Gasteiger partial charge in [-0.3, -0.25) is 4.79 Å². The fraction of sp³-hybridized carbons (Fsp3) is 0.483. The van der Waals surface area contributed by atoms with Gasteiger partial charge in [0.1, 0.15) is 5.75 Å². The summed E-state index contributed by atoms with van der Waals surface area (Å²) in [6.07, 6.45) is 12.5. The van der Waals surface area contributed by atoms with Crippen molar-refractivity contribution < 1.29 is 14.3 Å². The molecule has 172 valence electrons. The highest BCUT2D eigenvalue weighted by Gasteiger charge is 2.14. The van der Waals surface area contributed by atoms with Gasteiger partial charge in [0, 0.05) is 13.3 Å². The molecule has 0 saturated carbocycles. The summed E-state index contributed by atoms with van der Waals surface area (Å²) in [5.41, 5.74) is 8.48. The van der Waals surface area contributed by atoms with Crippen molar-refractivity contribution in [2.75, 3.05) is 13.2 Å². The Morgan fingerprint density at radius 1 is 0.969 bits per heavy atom. The van der Waals surface area contributed by atoms with E-state index in [4.69, 9.17) is 9.47 Å². The first kappa shape index (κ1) is 24.1. The highest BCUT2D eigenvalue weighted by atomic mass is 16.5. The first-order chi connectivity index (χ1) is 15.6. The number of hydrogen-bond acceptors (Lipinski definition) is 3. The topological polar surface area (TPSA) is 35.5 Å². The number of allylic oxidation sites excluding steroid dienone is 1. The molecule has 0 N–H and O–H groups in total. The Morgan fingerprint density at radius 2 is 1.84 bits per heavy atom. The van der Waals surface area contributed by atoms with Gasteiger partial charge in [-0.1, -0.05) is 57.0 Å². The number of ether oxygens (including phenoxy) is 2. The van der Waals surface area contributed by atoms with Crippen LogP contribution in [0.2, 0.25) is 0 Å². The third-order valence-corrected chi connectivity index (χ3v) is 6.16. The van der Waals surface area contributed by atoms with E-state index in [-0.39, 0.29) is 5.97 Å². The second kappa shape index (κ2) is 12.5. The van der Waals surface area contributed by atoms with Gasteiger partial charge in [0.25, 0.3) is 0 Å². The number of hydrogen-bond donors (Lipinski definition) is 0. The van der Waals surface area contributed by atoms with Crippen molar-refractivity contribution in [1.29, 1.82) is 0 Å². The second-order valence-corrected chi connectivity index (χ2v) is 8.73. The molecule has 32 heavy (non-hydrogen) atoms. The molecule has 2 aromatic carbocycles. The van der Waals surface area contributed by atoms with Crippen molar-refractivity contribution in [2.45, 2.75) is 78.6 Å². The zero-order chi connectivity index (χ0) is 22.8. The van der Waals surface area contributed by atoms with Crippen LogP contribution in [0.3, 0.4) is 0 Å². The van der Waals surface area contributed by atoms with Crippen LogP contribution in [-0.2, 0) is 28.8 Å². The molecule has 0 fully saturated rings. The van der Waals surface area contributed by atoms with E-state index >= 15 is 0 Å². The fourth-order valence-corrected chi connectivity index (χ4v) is 4.42. The molecule has 0 radical (unpaired) electrons. The average molecular weight is 435 g/mol. The highest BCUT2D eigenvalue weighted by molar-refractivity contribution is 5.84. The van der Waals surface area contributed by atoms with E-state index < -0.39 is 0 Å². The molecule has 1 aliphatic rings. The first-order valence-electron chi connectivity index (χ1n) is 12.3. The van der Waals surface area contributed by atoms with Gasteiger partial charge >= 0.3 is 5.97 Å². The van der Waals surface area contributed by atoms with Crippen LogP contribution in [-0.4, -0.2) is 19.2 Å². The van der Waals surface area contributed by atoms with E-state index in [2.05, 4.69) is 56.3 Å². The minimum Gasteiger partial charge on any atom is -0.493 e. The standard InChI is InChI=1S/C29H38O3/c1-4-6-7-10-23-13-16-29(24(5-2)19-23)27-12-8-11-25-21-28(15-14-26(25)20-27)32-18-9-17-31-22(3)30/h13-16,19-21H,4-12,17-18H2,1-3H3. The first-order valence-corrected chi connectivity index (χ1v) is 12.3. The Bertz CT molecular complexity index is 926. The fourth-order valence-electron chi connectivity index (χ4n) is 4.42. The molecule has 3 heteroatoms. The van der Waals surface area contributed by atoms with Gasteiger partial charge in [-0.05, 0) is 84.0 Å². The van der Waals surface area contributed by atoms with E-state index in [0.717, 1.165) is 31.4 Å². The lowest BCUT2D eigenvalue weighted by molar-refractivity contribution is -0.141. The quantitative estimate of drug-likeness (QED) is 0.277. The van der Waals surface area contributed by atoms with Gasteiger partial charge in [0.05, 0.1) is 13.2 Å².